The van der Waals surface area contributed by atoms with Crippen LogP contribution in [0.5, 0.6) is 5.75 Å². The van der Waals surface area contributed by atoms with Crippen molar-refractivity contribution < 1.29 is 14.3 Å². The summed E-state index contributed by atoms with van der Waals surface area (Å²) in [6.07, 6.45) is 0.315. The lowest BCUT2D eigenvalue weighted by molar-refractivity contribution is -0.117. The van der Waals surface area contributed by atoms with E-state index in [2.05, 4.69) is 24.1 Å². The van der Waals surface area contributed by atoms with Crippen LogP contribution in [0.15, 0.2) is 23.6 Å². The molecule has 0 radical (unpaired) electrons. The fourth-order valence-electron chi connectivity index (χ4n) is 1.96. The third kappa shape index (κ3) is 5.47. The fraction of sp³-hybridized carbons (Fsp3) is 0.412. The van der Waals surface area contributed by atoms with E-state index >= 15 is 0 Å². The molecule has 0 spiro atoms. The van der Waals surface area contributed by atoms with Crippen molar-refractivity contribution in [2.75, 3.05) is 25.6 Å². The number of thiazole rings is 1. The molecule has 0 aliphatic rings. The number of carbonyl (C=O) groups excluding carboxylic acids is 1. The zero-order valence-electron chi connectivity index (χ0n) is 14.0. The van der Waals surface area contributed by atoms with Gasteiger partial charge in [0.05, 0.1) is 30.9 Å². The number of nitrogens with one attached hydrogen (secondary N) is 1. The lowest BCUT2D eigenvalue weighted by atomic mass is 10.2. The summed E-state index contributed by atoms with van der Waals surface area (Å²) in [5.41, 5.74) is 1.63. The van der Waals surface area contributed by atoms with E-state index in [0.717, 1.165) is 11.3 Å². The van der Waals surface area contributed by atoms with Crippen LogP contribution in [0, 0.1) is 5.92 Å². The van der Waals surface area contributed by atoms with Gasteiger partial charge in [-0.15, -0.1) is 11.3 Å². The molecule has 0 atom stereocenters. The van der Waals surface area contributed by atoms with Crippen molar-refractivity contribution in [3.05, 3.63) is 28.6 Å². The van der Waals surface area contributed by atoms with Gasteiger partial charge in [-0.25, -0.2) is 4.98 Å². The van der Waals surface area contributed by atoms with Crippen molar-refractivity contribution >= 4 is 34.0 Å². The predicted molar refractivity (Wildman–Crippen MR) is 98.0 cm³/mol. The highest BCUT2D eigenvalue weighted by molar-refractivity contribution is 7.14. The first-order chi connectivity index (χ1) is 11.5. The molecule has 1 aromatic heterocycles. The number of hydrogen-bond acceptors (Lipinski definition) is 5. The first kappa shape index (κ1) is 18.7. The van der Waals surface area contributed by atoms with Crippen LogP contribution in [0.3, 0.4) is 0 Å². The summed E-state index contributed by atoms with van der Waals surface area (Å²) in [4.78, 5) is 16.3. The van der Waals surface area contributed by atoms with Crippen LogP contribution in [0.2, 0.25) is 5.02 Å². The molecule has 2 rings (SSSR count). The van der Waals surface area contributed by atoms with Crippen LogP contribution in [0.25, 0.3) is 11.3 Å². The topological polar surface area (TPSA) is 60.5 Å². The van der Waals surface area contributed by atoms with E-state index < -0.39 is 0 Å². The van der Waals surface area contributed by atoms with Gasteiger partial charge in [0.25, 0.3) is 0 Å². The molecule has 0 saturated carbocycles. The lowest BCUT2D eigenvalue weighted by Crippen LogP contribution is -2.15. The van der Waals surface area contributed by atoms with E-state index in [0.29, 0.717) is 41.5 Å². The average Bonchev–Trinajstić information content (AvgIpc) is 2.99. The number of hydrogen-bond donors (Lipinski definition) is 1. The summed E-state index contributed by atoms with van der Waals surface area (Å²) in [7, 11) is 1.57. The Morgan fingerprint density at radius 1 is 1.42 bits per heavy atom. The van der Waals surface area contributed by atoms with Gasteiger partial charge < -0.3 is 14.8 Å². The first-order valence-corrected chi connectivity index (χ1v) is 8.92. The zero-order chi connectivity index (χ0) is 17.5. The number of amides is 1. The minimum atomic E-state index is -0.104. The van der Waals surface area contributed by atoms with E-state index in [1.165, 1.54) is 11.3 Å². The molecule has 0 saturated heterocycles. The quantitative estimate of drug-likeness (QED) is 0.698. The largest absolute Gasteiger partial charge is 0.495 e. The van der Waals surface area contributed by atoms with Gasteiger partial charge in [-0.3, -0.25) is 4.79 Å². The number of ether oxygens (including phenoxy) is 2. The molecule has 7 heteroatoms. The summed E-state index contributed by atoms with van der Waals surface area (Å²) in [6.45, 7) is 5.22. The minimum Gasteiger partial charge on any atom is -0.495 e. The zero-order valence-corrected chi connectivity index (χ0v) is 15.5. The van der Waals surface area contributed by atoms with Gasteiger partial charge in [-0.1, -0.05) is 25.4 Å². The van der Waals surface area contributed by atoms with Gasteiger partial charge in [-0.05, 0) is 24.1 Å². The Morgan fingerprint density at radius 3 is 2.88 bits per heavy atom. The normalized spacial score (nSPS) is 10.9. The monoisotopic (exact) mass is 368 g/mol. The van der Waals surface area contributed by atoms with Crippen LogP contribution in [-0.4, -0.2) is 31.2 Å². The Balaban J connectivity index is 1.91. The standard InChI is InChI=1S/C17H21ClN2O3S/c1-11(2)9-23-7-6-16(21)20-17-19-14(10-24-17)12-4-5-15(22-3)13(18)8-12/h4-5,8,10-11H,6-7,9H2,1-3H3,(H,19,20,21). The minimum absolute atomic E-state index is 0.104. The third-order valence-corrected chi connectivity index (χ3v) is 4.18. The van der Waals surface area contributed by atoms with Crippen molar-refractivity contribution in [3.63, 3.8) is 0 Å². The van der Waals surface area contributed by atoms with Crippen LogP contribution < -0.4 is 10.1 Å². The van der Waals surface area contributed by atoms with Gasteiger partial charge >= 0.3 is 0 Å². The Hall–Kier alpha value is -1.63. The molecule has 5 nitrogen and oxygen atoms in total. The number of methoxy groups -OCH3 is 1. The number of benzene rings is 1. The predicted octanol–water partition coefficient (Wildman–Crippen LogP) is 4.47. The summed E-state index contributed by atoms with van der Waals surface area (Å²) >= 11 is 7.51. The fourth-order valence-corrected chi connectivity index (χ4v) is 2.95. The second-order valence-electron chi connectivity index (χ2n) is 5.65. The molecule has 0 fully saturated rings. The Morgan fingerprint density at radius 2 is 2.21 bits per heavy atom. The van der Waals surface area contributed by atoms with E-state index in [1.807, 2.05) is 11.4 Å². The number of aromatic nitrogens is 1. The molecule has 2 aromatic rings. The van der Waals surface area contributed by atoms with Crippen LogP contribution in [0.4, 0.5) is 5.13 Å². The van der Waals surface area contributed by atoms with E-state index in [1.54, 1.807) is 19.2 Å². The second kappa shape index (κ2) is 9.01. The van der Waals surface area contributed by atoms with E-state index in [9.17, 15) is 4.79 Å². The summed E-state index contributed by atoms with van der Waals surface area (Å²) in [5, 5.41) is 5.75. The average molecular weight is 369 g/mol. The summed E-state index contributed by atoms with van der Waals surface area (Å²) in [6, 6.07) is 5.47. The molecular weight excluding hydrogens is 348 g/mol. The maximum absolute atomic E-state index is 11.9. The number of halogens is 1. The highest BCUT2D eigenvalue weighted by Gasteiger charge is 2.10. The Bertz CT molecular complexity index is 688. The number of anilines is 1. The van der Waals surface area contributed by atoms with Crippen molar-refractivity contribution in [3.8, 4) is 17.0 Å². The second-order valence-corrected chi connectivity index (χ2v) is 6.92. The summed E-state index contributed by atoms with van der Waals surface area (Å²) in [5.74, 6) is 0.976. The maximum atomic E-state index is 11.9. The van der Waals surface area contributed by atoms with Crippen molar-refractivity contribution in [2.45, 2.75) is 20.3 Å². The molecular formula is C17H21ClN2O3S. The molecule has 1 N–H and O–H groups in total. The lowest BCUT2D eigenvalue weighted by Gasteiger charge is -2.06. The van der Waals surface area contributed by atoms with Crippen molar-refractivity contribution in [1.29, 1.82) is 0 Å². The smallest absolute Gasteiger partial charge is 0.228 e. The third-order valence-electron chi connectivity index (χ3n) is 3.12. The van der Waals surface area contributed by atoms with E-state index in [4.69, 9.17) is 21.1 Å². The van der Waals surface area contributed by atoms with Crippen LogP contribution in [0.1, 0.15) is 20.3 Å². The Labute approximate surface area is 151 Å². The number of nitrogens with zero attached hydrogens (tertiary/aromatic N) is 1. The van der Waals surface area contributed by atoms with Gasteiger partial charge in [0.1, 0.15) is 5.75 Å². The molecule has 130 valence electrons. The molecule has 0 aliphatic carbocycles. The highest BCUT2D eigenvalue weighted by Crippen LogP contribution is 2.31. The van der Waals surface area contributed by atoms with Gasteiger partial charge in [0.15, 0.2) is 5.13 Å². The molecule has 1 heterocycles. The first-order valence-electron chi connectivity index (χ1n) is 7.66. The molecule has 1 amide bonds. The van der Waals surface area contributed by atoms with Crippen LogP contribution >= 0.6 is 22.9 Å². The van der Waals surface area contributed by atoms with Crippen molar-refractivity contribution in [2.24, 2.45) is 5.92 Å². The SMILES string of the molecule is COc1ccc(-c2csc(NC(=O)CCOCC(C)C)n2)cc1Cl. The maximum Gasteiger partial charge on any atom is 0.228 e. The van der Waals surface area contributed by atoms with E-state index in [-0.39, 0.29) is 5.91 Å². The van der Waals surface area contributed by atoms with Crippen molar-refractivity contribution in [1.82, 2.24) is 4.98 Å². The molecule has 1 aromatic carbocycles. The van der Waals surface area contributed by atoms with Crippen LogP contribution in [-0.2, 0) is 9.53 Å². The summed E-state index contributed by atoms with van der Waals surface area (Å²) < 4.78 is 10.5. The van der Waals surface area contributed by atoms with Gasteiger partial charge in [-0.2, -0.15) is 0 Å². The molecule has 0 bridgehead atoms. The van der Waals surface area contributed by atoms with Gasteiger partial charge in [0, 0.05) is 17.6 Å². The number of rotatable bonds is 8. The number of carbonyl (C=O) groups is 1. The molecule has 24 heavy (non-hydrogen) atoms. The molecule has 0 aliphatic heterocycles. The highest BCUT2D eigenvalue weighted by atomic mass is 35.5. The molecule has 0 unspecified atom stereocenters. The Kier molecular flexibility index (Phi) is 7.02. The van der Waals surface area contributed by atoms with Gasteiger partial charge in [0.2, 0.25) is 5.91 Å².